The summed E-state index contributed by atoms with van der Waals surface area (Å²) in [6.07, 6.45) is 1.60. The molecule has 3 rings (SSSR count). The van der Waals surface area contributed by atoms with Crippen LogP contribution in [-0.2, 0) is 4.79 Å². The molecule has 0 aliphatic heterocycles. The number of halogens is 1. The van der Waals surface area contributed by atoms with Crippen LogP contribution < -0.4 is 15.4 Å². The van der Waals surface area contributed by atoms with E-state index in [1.54, 1.807) is 61.7 Å². The summed E-state index contributed by atoms with van der Waals surface area (Å²) in [5, 5.41) is 5.75. The predicted octanol–water partition coefficient (Wildman–Crippen LogP) is 4.76. The zero-order chi connectivity index (χ0) is 20.6. The molecule has 0 unspecified atom stereocenters. The van der Waals surface area contributed by atoms with Crippen molar-refractivity contribution >= 4 is 35.2 Å². The zero-order valence-corrected chi connectivity index (χ0v) is 16.4. The third-order valence-electron chi connectivity index (χ3n) is 4.07. The Morgan fingerprint density at radius 2 is 1.55 bits per heavy atom. The number of hydrogen-bond donors (Lipinski definition) is 2. The van der Waals surface area contributed by atoms with Gasteiger partial charge in [0.1, 0.15) is 11.4 Å². The molecule has 6 heteroatoms. The fraction of sp³-hybridized carbons (Fsp3) is 0.0435. The molecule has 0 heterocycles. The van der Waals surface area contributed by atoms with Crippen LogP contribution in [0.2, 0.25) is 5.02 Å². The number of ether oxygens (including phenoxy) is 1. The summed E-state index contributed by atoms with van der Waals surface area (Å²) in [5.74, 6) is -0.253. The van der Waals surface area contributed by atoms with E-state index < -0.39 is 11.8 Å². The Labute approximate surface area is 174 Å². The van der Waals surface area contributed by atoms with Gasteiger partial charge in [-0.15, -0.1) is 0 Å². The van der Waals surface area contributed by atoms with Crippen molar-refractivity contribution in [1.29, 1.82) is 0 Å². The maximum absolute atomic E-state index is 12.9. The van der Waals surface area contributed by atoms with Gasteiger partial charge in [0.2, 0.25) is 0 Å². The standard InChI is InChI=1S/C23H19ClN2O3/c1-29-18-13-11-17(12-14-18)25-23(28)21(15-16-7-3-2-4-8-16)26-22(27)19-9-5-6-10-20(19)24/h2-15H,1H3,(H,25,28)(H,26,27)/b21-15+. The lowest BCUT2D eigenvalue weighted by Crippen LogP contribution is -2.30. The second-order valence-electron chi connectivity index (χ2n) is 6.09. The number of carbonyl (C=O) groups is 2. The van der Waals surface area contributed by atoms with E-state index in [0.29, 0.717) is 16.5 Å². The second kappa shape index (κ2) is 9.57. The summed E-state index contributed by atoms with van der Waals surface area (Å²) in [4.78, 5) is 25.5. The van der Waals surface area contributed by atoms with Crippen molar-refractivity contribution in [1.82, 2.24) is 5.32 Å². The number of carbonyl (C=O) groups excluding carboxylic acids is 2. The van der Waals surface area contributed by atoms with Gasteiger partial charge >= 0.3 is 0 Å². The van der Waals surface area contributed by atoms with Gasteiger partial charge in [-0.25, -0.2) is 0 Å². The SMILES string of the molecule is COc1ccc(NC(=O)/C(=C\c2ccccc2)NC(=O)c2ccccc2Cl)cc1. The first kappa shape index (κ1) is 20.2. The molecule has 0 saturated heterocycles. The Bertz CT molecular complexity index is 1030. The van der Waals surface area contributed by atoms with E-state index in [0.717, 1.165) is 5.56 Å². The van der Waals surface area contributed by atoms with Crippen LogP contribution in [0.1, 0.15) is 15.9 Å². The van der Waals surface area contributed by atoms with E-state index >= 15 is 0 Å². The topological polar surface area (TPSA) is 67.4 Å². The molecule has 0 spiro atoms. The molecule has 146 valence electrons. The molecule has 0 aromatic heterocycles. The van der Waals surface area contributed by atoms with Crippen LogP contribution in [0.15, 0.2) is 84.6 Å². The summed E-state index contributed by atoms with van der Waals surface area (Å²) in [6, 6.07) is 22.8. The van der Waals surface area contributed by atoms with Crippen molar-refractivity contribution < 1.29 is 14.3 Å². The van der Waals surface area contributed by atoms with E-state index in [1.807, 2.05) is 30.3 Å². The first-order valence-electron chi connectivity index (χ1n) is 8.85. The molecule has 0 radical (unpaired) electrons. The molecule has 2 N–H and O–H groups in total. The fourth-order valence-corrected chi connectivity index (χ4v) is 2.80. The van der Waals surface area contributed by atoms with Gasteiger partial charge in [-0.2, -0.15) is 0 Å². The van der Waals surface area contributed by atoms with Crippen molar-refractivity contribution in [2.75, 3.05) is 12.4 Å². The predicted molar refractivity (Wildman–Crippen MR) is 115 cm³/mol. The molecule has 2 amide bonds. The molecule has 0 saturated carbocycles. The molecule has 0 aliphatic rings. The molecular formula is C23H19ClN2O3. The summed E-state index contributed by atoms with van der Waals surface area (Å²) < 4.78 is 5.12. The molecule has 0 atom stereocenters. The van der Waals surface area contributed by atoms with Crippen LogP contribution >= 0.6 is 11.6 Å². The molecule has 5 nitrogen and oxygen atoms in total. The van der Waals surface area contributed by atoms with E-state index in [4.69, 9.17) is 16.3 Å². The zero-order valence-electron chi connectivity index (χ0n) is 15.7. The maximum atomic E-state index is 12.9. The molecule has 0 bridgehead atoms. The number of anilines is 1. The van der Waals surface area contributed by atoms with Crippen molar-refractivity contribution in [2.24, 2.45) is 0 Å². The molecule has 29 heavy (non-hydrogen) atoms. The lowest BCUT2D eigenvalue weighted by atomic mass is 10.1. The average Bonchev–Trinajstić information content (AvgIpc) is 2.74. The van der Waals surface area contributed by atoms with Gasteiger partial charge < -0.3 is 15.4 Å². The van der Waals surface area contributed by atoms with Crippen molar-refractivity contribution in [3.05, 3.63) is 101 Å². The monoisotopic (exact) mass is 406 g/mol. The van der Waals surface area contributed by atoms with E-state index in [-0.39, 0.29) is 11.3 Å². The number of nitrogens with one attached hydrogen (secondary N) is 2. The third-order valence-corrected chi connectivity index (χ3v) is 4.40. The largest absolute Gasteiger partial charge is 0.497 e. The minimum Gasteiger partial charge on any atom is -0.497 e. The normalized spacial score (nSPS) is 10.9. The number of methoxy groups -OCH3 is 1. The summed E-state index contributed by atoms with van der Waals surface area (Å²) >= 11 is 6.11. The van der Waals surface area contributed by atoms with Crippen LogP contribution in [0.4, 0.5) is 5.69 Å². The van der Waals surface area contributed by atoms with E-state index in [1.165, 1.54) is 0 Å². The van der Waals surface area contributed by atoms with E-state index in [2.05, 4.69) is 10.6 Å². The Morgan fingerprint density at radius 1 is 0.897 bits per heavy atom. The average molecular weight is 407 g/mol. The van der Waals surface area contributed by atoms with Crippen LogP contribution in [0.25, 0.3) is 6.08 Å². The highest BCUT2D eigenvalue weighted by atomic mass is 35.5. The summed E-state index contributed by atoms with van der Waals surface area (Å²) in [5.41, 5.74) is 1.72. The lowest BCUT2D eigenvalue weighted by molar-refractivity contribution is -0.113. The van der Waals surface area contributed by atoms with Gasteiger partial charge in [-0.3, -0.25) is 9.59 Å². The minimum atomic E-state index is -0.470. The van der Waals surface area contributed by atoms with Crippen molar-refractivity contribution in [2.45, 2.75) is 0 Å². The van der Waals surface area contributed by atoms with Crippen molar-refractivity contribution in [3.63, 3.8) is 0 Å². The van der Waals surface area contributed by atoms with Crippen LogP contribution in [0, 0.1) is 0 Å². The number of hydrogen-bond acceptors (Lipinski definition) is 3. The molecular weight excluding hydrogens is 388 g/mol. The van der Waals surface area contributed by atoms with Crippen LogP contribution in [-0.4, -0.2) is 18.9 Å². The van der Waals surface area contributed by atoms with Crippen LogP contribution in [0.3, 0.4) is 0 Å². The highest BCUT2D eigenvalue weighted by molar-refractivity contribution is 6.34. The fourth-order valence-electron chi connectivity index (χ4n) is 2.58. The van der Waals surface area contributed by atoms with Crippen LogP contribution in [0.5, 0.6) is 5.75 Å². The Hall–Kier alpha value is -3.57. The Balaban J connectivity index is 1.86. The number of benzene rings is 3. The van der Waals surface area contributed by atoms with E-state index in [9.17, 15) is 9.59 Å². The lowest BCUT2D eigenvalue weighted by Gasteiger charge is -2.12. The van der Waals surface area contributed by atoms with Crippen molar-refractivity contribution in [3.8, 4) is 5.75 Å². The molecule has 0 aliphatic carbocycles. The van der Waals surface area contributed by atoms with Gasteiger partial charge in [-0.1, -0.05) is 54.1 Å². The van der Waals surface area contributed by atoms with Gasteiger partial charge in [-0.05, 0) is 48.0 Å². The van der Waals surface area contributed by atoms with Gasteiger partial charge in [0.25, 0.3) is 11.8 Å². The summed E-state index contributed by atoms with van der Waals surface area (Å²) in [6.45, 7) is 0. The number of amides is 2. The highest BCUT2D eigenvalue weighted by Crippen LogP contribution is 2.18. The minimum absolute atomic E-state index is 0.0944. The Morgan fingerprint density at radius 3 is 2.21 bits per heavy atom. The third kappa shape index (κ3) is 5.46. The molecule has 3 aromatic rings. The first-order valence-corrected chi connectivity index (χ1v) is 9.22. The highest BCUT2D eigenvalue weighted by Gasteiger charge is 2.16. The summed E-state index contributed by atoms with van der Waals surface area (Å²) in [7, 11) is 1.57. The smallest absolute Gasteiger partial charge is 0.272 e. The van der Waals surface area contributed by atoms with Gasteiger partial charge in [0.05, 0.1) is 17.7 Å². The molecule has 0 fully saturated rings. The molecule has 3 aromatic carbocycles. The van der Waals surface area contributed by atoms with Gasteiger partial charge in [0, 0.05) is 5.69 Å². The maximum Gasteiger partial charge on any atom is 0.272 e. The quantitative estimate of drug-likeness (QED) is 0.580. The Kier molecular flexibility index (Phi) is 6.66. The van der Waals surface area contributed by atoms with Gasteiger partial charge in [0.15, 0.2) is 0 Å². The number of rotatable bonds is 6. The first-order chi connectivity index (χ1) is 14.1. The second-order valence-corrected chi connectivity index (χ2v) is 6.49.